The molecule has 2 aliphatic rings. The third-order valence-corrected chi connectivity index (χ3v) is 8.19. The lowest BCUT2D eigenvalue weighted by atomic mass is 9.95. The van der Waals surface area contributed by atoms with Gasteiger partial charge in [0, 0.05) is 19.6 Å². The Balaban J connectivity index is 1.55. The lowest BCUT2D eigenvalue weighted by molar-refractivity contribution is -0.212. The van der Waals surface area contributed by atoms with Crippen LogP contribution in [0, 0.1) is 6.92 Å². The summed E-state index contributed by atoms with van der Waals surface area (Å²) in [5.41, 5.74) is 2.27. The first kappa shape index (κ1) is 31.3. The summed E-state index contributed by atoms with van der Waals surface area (Å²) in [4.78, 5) is 45.4. The van der Waals surface area contributed by atoms with Crippen LogP contribution in [-0.2, 0) is 22.7 Å². The van der Waals surface area contributed by atoms with E-state index in [4.69, 9.17) is 4.74 Å². The molecule has 2 saturated heterocycles. The van der Waals surface area contributed by atoms with Crippen LogP contribution in [-0.4, -0.2) is 81.2 Å². The van der Waals surface area contributed by atoms with Gasteiger partial charge in [-0.05, 0) is 54.3 Å². The molecule has 0 radical (unpaired) electrons. The number of ether oxygens (including phenoxy) is 1. The Morgan fingerprint density at radius 3 is 2.49 bits per heavy atom. The number of hydrogen-bond donors (Lipinski definition) is 2. The van der Waals surface area contributed by atoms with E-state index in [9.17, 15) is 19.5 Å². The van der Waals surface area contributed by atoms with Crippen LogP contribution < -0.4 is 10.1 Å². The molecule has 2 fully saturated rings. The van der Waals surface area contributed by atoms with Gasteiger partial charge < -0.3 is 20.1 Å². The molecule has 10 nitrogen and oxygen atoms in total. The lowest BCUT2D eigenvalue weighted by Crippen LogP contribution is -2.81. The van der Waals surface area contributed by atoms with Gasteiger partial charge in [0.15, 0.2) is 5.66 Å². The minimum atomic E-state index is -1.24. The number of phenolic OH excluding ortho intramolecular Hbond substituents is 1. The molecule has 5 rings (SSSR count). The fraction of sp³-hybridized carbons (Fsp3) is 0.286. The maximum Gasteiger partial charge on any atom is 0.334 e. The van der Waals surface area contributed by atoms with Crippen LogP contribution in [0.4, 0.5) is 4.79 Å². The molecule has 1 unspecified atom stereocenters. The van der Waals surface area contributed by atoms with Gasteiger partial charge in [-0.25, -0.2) is 14.8 Å². The number of hydrazine groups is 1. The highest BCUT2D eigenvalue weighted by Gasteiger charge is 2.58. The molecule has 10 heteroatoms. The Morgan fingerprint density at radius 1 is 1.09 bits per heavy atom. The monoisotopic (exact) mass is 609 g/mol. The van der Waals surface area contributed by atoms with Gasteiger partial charge in [0.05, 0.1) is 20.2 Å². The second-order valence-corrected chi connectivity index (χ2v) is 11.5. The van der Waals surface area contributed by atoms with Crippen LogP contribution in [0.15, 0.2) is 91.5 Å². The molecule has 0 spiro atoms. The zero-order chi connectivity index (χ0) is 32.1. The molecule has 4 amide bonds. The van der Waals surface area contributed by atoms with Crippen molar-refractivity contribution in [3.05, 3.63) is 114 Å². The van der Waals surface area contributed by atoms with E-state index in [1.165, 1.54) is 4.90 Å². The molecule has 2 aliphatic heterocycles. The van der Waals surface area contributed by atoms with Gasteiger partial charge in [-0.3, -0.25) is 14.5 Å². The Morgan fingerprint density at radius 2 is 1.82 bits per heavy atom. The van der Waals surface area contributed by atoms with E-state index in [1.54, 1.807) is 64.5 Å². The van der Waals surface area contributed by atoms with Gasteiger partial charge in [-0.2, -0.15) is 0 Å². The van der Waals surface area contributed by atoms with Crippen molar-refractivity contribution in [2.24, 2.45) is 0 Å². The van der Waals surface area contributed by atoms with E-state index in [-0.39, 0.29) is 43.7 Å². The summed E-state index contributed by atoms with van der Waals surface area (Å²) >= 11 is 0. The molecule has 2 atom stereocenters. The van der Waals surface area contributed by atoms with Crippen molar-refractivity contribution >= 4 is 23.9 Å². The molecule has 0 aliphatic carbocycles. The zero-order valence-electron chi connectivity index (χ0n) is 25.8. The van der Waals surface area contributed by atoms with Crippen molar-refractivity contribution in [3.8, 4) is 11.5 Å². The summed E-state index contributed by atoms with van der Waals surface area (Å²) in [7, 11) is 1.61. The first-order chi connectivity index (χ1) is 21.6. The first-order valence-corrected chi connectivity index (χ1v) is 14.8. The van der Waals surface area contributed by atoms with Crippen molar-refractivity contribution in [1.29, 1.82) is 0 Å². The highest BCUT2D eigenvalue weighted by Crippen LogP contribution is 2.36. The third kappa shape index (κ3) is 6.56. The van der Waals surface area contributed by atoms with E-state index in [0.717, 1.165) is 28.0 Å². The highest BCUT2D eigenvalue weighted by molar-refractivity contribution is 5.94. The number of carbonyl (C=O) groups is 3. The number of urea groups is 1. The van der Waals surface area contributed by atoms with Gasteiger partial charge >= 0.3 is 6.03 Å². The van der Waals surface area contributed by atoms with Gasteiger partial charge in [0.2, 0.25) is 11.8 Å². The molecule has 0 saturated carbocycles. The first-order valence-electron chi connectivity index (χ1n) is 14.8. The van der Waals surface area contributed by atoms with E-state index in [0.29, 0.717) is 6.54 Å². The van der Waals surface area contributed by atoms with E-state index < -0.39 is 17.7 Å². The van der Waals surface area contributed by atoms with Crippen molar-refractivity contribution in [2.75, 3.05) is 26.7 Å². The number of nitrogens with zero attached hydrogens (tertiary/aromatic N) is 4. The Hall–Kier alpha value is -5.09. The topological polar surface area (TPSA) is 106 Å². The SMILES string of the molecule is C=CCN1CC(=O)N2C(/C=C/c3ccc(O)cc3)C(=O)N(Cc3ccc(OC)c(C)c3)C[C@]2(C)N1C(=O)NCc1ccccc1. The molecule has 234 valence electrons. The zero-order valence-corrected chi connectivity index (χ0v) is 25.8. The number of piperazine rings is 1. The number of hydrogen-bond acceptors (Lipinski definition) is 6. The number of carbonyl (C=O) groups excluding carboxylic acids is 3. The van der Waals surface area contributed by atoms with Crippen molar-refractivity contribution < 1.29 is 24.2 Å². The number of rotatable bonds is 9. The summed E-state index contributed by atoms with van der Waals surface area (Å²) in [6, 6.07) is 20.5. The van der Waals surface area contributed by atoms with E-state index >= 15 is 0 Å². The second-order valence-electron chi connectivity index (χ2n) is 11.5. The predicted molar refractivity (Wildman–Crippen MR) is 172 cm³/mol. The average Bonchev–Trinajstić information content (AvgIpc) is 3.02. The summed E-state index contributed by atoms with van der Waals surface area (Å²) in [6.07, 6.45) is 5.10. The van der Waals surface area contributed by atoms with Gasteiger partial charge in [0.25, 0.3) is 0 Å². The fourth-order valence-corrected chi connectivity index (χ4v) is 6.15. The number of methoxy groups -OCH3 is 1. The maximum atomic E-state index is 14.2. The lowest BCUT2D eigenvalue weighted by Gasteiger charge is -2.60. The van der Waals surface area contributed by atoms with Crippen LogP contribution in [0.25, 0.3) is 6.08 Å². The normalized spacial score (nSPS) is 20.3. The Kier molecular flexibility index (Phi) is 9.24. The number of amides is 4. The third-order valence-electron chi connectivity index (χ3n) is 8.19. The molecule has 0 bridgehead atoms. The number of phenols is 1. The van der Waals surface area contributed by atoms with Gasteiger partial charge in [-0.1, -0.05) is 72.8 Å². The summed E-state index contributed by atoms with van der Waals surface area (Å²) in [5.74, 6) is 0.335. The Bertz CT molecular complexity index is 1590. The quantitative estimate of drug-likeness (QED) is 0.351. The van der Waals surface area contributed by atoms with Gasteiger partial charge in [-0.15, -0.1) is 6.58 Å². The van der Waals surface area contributed by atoms with Crippen molar-refractivity contribution in [2.45, 2.75) is 38.6 Å². The van der Waals surface area contributed by atoms with Crippen molar-refractivity contribution in [3.63, 3.8) is 0 Å². The summed E-state index contributed by atoms with van der Waals surface area (Å²) in [5, 5.41) is 16.0. The van der Waals surface area contributed by atoms with Gasteiger partial charge in [0.1, 0.15) is 17.5 Å². The molecular formula is C35H39N5O5. The smallest absolute Gasteiger partial charge is 0.334 e. The fourth-order valence-electron chi connectivity index (χ4n) is 6.15. The predicted octanol–water partition coefficient (Wildman–Crippen LogP) is 4.31. The van der Waals surface area contributed by atoms with Crippen molar-refractivity contribution in [1.82, 2.24) is 25.1 Å². The largest absolute Gasteiger partial charge is 0.508 e. The average molecular weight is 610 g/mol. The highest BCUT2D eigenvalue weighted by atomic mass is 16.5. The molecule has 3 aromatic rings. The molecular weight excluding hydrogens is 570 g/mol. The molecule has 2 heterocycles. The van der Waals surface area contributed by atoms with Crippen LogP contribution in [0.2, 0.25) is 0 Å². The van der Waals surface area contributed by atoms with Crippen LogP contribution in [0.5, 0.6) is 11.5 Å². The molecule has 0 aromatic heterocycles. The second kappa shape index (κ2) is 13.3. The van der Waals surface area contributed by atoms with E-state index in [1.807, 2.05) is 62.4 Å². The number of nitrogens with one attached hydrogen (secondary N) is 1. The summed E-state index contributed by atoms with van der Waals surface area (Å²) in [6.45, 7) is 8.42. The minimum Gasteiger partial charge on any atom is -0.508 e. The number of benzene rings is 3. The molecule has 3 aromatic carbocycles. The van der Waals surface area contributed by atoms with Crippen LogP contribution >= 0.6 is 0 Å². The minimum absolute atomic E-state index is 0.0819. The summed E-state index contributed by atoms with van der Waals surface area (Å²) < 4.78 is 5.42. The standard InChI is InChI=1S/C35H39N5O5/c1-5-19-38-23-32(42)39-30(17-13-26-11-15-29(41)16-12-26)33(43)37(22-28-14-18-31(45-4)25(2)20-28)24-35(39,3)40(38)34(44)36-21-27-9-7-6-8-10-27/h5-18,20,30,41H,1,19,21-24H2,2-4H3,(H,36,44)/b17-13+/t30?,35-/m0/s1. The maximum absolute atomic E-state index is 14.2. The number of aromatic hydroxyl groups is 1. The number of fused-ring (bicyclic) bond motifs is 1. The Labute approximate surface area is 263 Å². The van der Waals surface area contributed by atoms with Crippen LogP contribution in [0.1, 0.15) is 29.2 Å². The molecule has 2 N–H and O–H groups in total. The van der Waals surface area contributed by atoms with E-state index in [2.05, 4.69) is 11.9 Å². The van der Waals surface area contributed by atoms with Crippen LogP contribution in [0.3, 0.4) is 0 Å². The molecule has 45 heavy (non-hydrogen) atoms. The number of aryl methyl sites for hydroxylation is 1.